The Morgan fingerprint density at radius 1 is 1.00 bits per heavy atom. The van der Waals surface area contributed by atoms with Gasteiger partial charge in [0.05, 0.1) is 0 Å². The van der Waals surface area contributed by atoms with Crippen LogP contribution < -0.4 is 4.74 Å². The van der Waals surface area contributed by atoms with Crippen LogP contribution in [0.1, 0.15) is 24.0 Å². The van der Waals surface area contributed by atoms with E-state index < -0.39 is 0 Å². The number of aryl methyl sites for hydroxylation is 1. The van der Waals surface area contributed by atoms with Gasteiger partial charge >= 0.3 is 0 Å². The fourth-order valence-corrected chi connectivity index (χ4v) is 3.31. The maximum Gasteiger partial charge on any atom is 0.119 e. The predicted molar refractivity (Wildman–Crippen MR) is 105 cm³/mol. The Labute approximate surface area is 157 Å². The van der Waals surface area contributed by atoms with Crippen molar-refractivity contribution < 1.29 is 9.84 Å². The highest BCUT2D eigenvalue weighted by molar-refractivity contribution is 5.85. The van der Waals surface area contributed by atoms with E-state index in [0.717, 1.165) is 31.3 Å². The molecule has 136 valence electrons. The highest BCUT2D eigenvalue weighted by atomic mass is 35.5. The van der Waals surface area contributed by atoms with Crippen LogP contribution in [-0.4, -0.2) is 36.2 Å². The van der Waals surface area contributed by atoms with Gasteiger partial charge in [-0.3, -0.25) is 4.90 Å². The molecule has 1 saturated heterocycles. The third-order valence-corrected chi connectivity index (χ3v) is 4.87. The molecule has 1 aliphatic rings. The molecule has 0 radical (unpaired) electrons. The minimum Gasteiger partial charge on any atom is -0.508 e. The molecule has 0 atom stereocenters. The molecular formula is C21H28ClNO2. The molecule has 0 aromatic heterocycles. The van der Waals surface area contributed by atoms with Crippen molar-refractivity contribution in [3.8, 4) is 11.5 Å². The van der Waals surface area contributed by atoms with Crippen LogP contribution in [0.4, 0.5) is 0 Å². The second-order valence-corrected chi connectivity index (χ2v) is 6.82. The lowest BCUT2D eigenvalue weighted by atomic mass is 9.90. The van der Waals surface area contributed by atoms with Gasteiger partial charge in [-0.25, -0.2) is 0 Å². The molecule has 1 aliphatic heterocycles. The molecule has 0 spiro atoms. The Balaban J connectivity index is 0.00000225. The van der Waals surface area contributed by atoms with E-state index in [2.05, 4.69) is 36.1 Å². The number of hydrogen-bond donors (Lipinski definition) is 1. The first-order valence-corrected chi connectivity index (χ1v) is 8.89. The molecule has 25 heavy (non-hydrogen) atoms. The molecule has 3 nitrogen and oxygen atoms in total. The van der Waals surface area contributed by atoms with Crippen molar-refractivity contribution in [1.82, 2.24) is 4.90 Å². The average molecular weight is 362 g/mol. The SMILES string of the molecule is Cc1ccc(CC2CCN(CCOc3ccc(O)cc3)CC2)cc1.Cl. The van der Waals surface area contributed by atoms with Crippen LogP contribution in [0.3, 0.4) is 0 Å². The summed E-state index contributed by atoms with van der Waals surface area (Å²) < 4.78 is 5.74. The van der Waals surface area contributed by atoms with E-state index in [0.29, 0.717) is 6.61 Å². The van der Waals surface area contributed by atoms with Crippen LogP contribution in [0.5, 0.6) is 11.5 Å². The Morgan fingerprint density at radius 3 is 2.28 bits per heavy atom. The highest BCUT2D eigenvalue weighted by Crippen LogP contribution is 2.22. The molecule has 0 amide bonds. The maximum absolute atomic E-state index is 9.27. The Kier molecular flexibility index (Phi) is 7.60. The minimum atomic E-state index is 0. The number of hydrogen-bond acceptors (Lipinski definition) is 3. The van der Waals surface area contributed by atoms with E-state index in [4.69, 9.17) is 4.74 Å². The summed E-state index contributed by atoms with van der Waals surface area (Å²) in [5.74, 6) is 1.90. The maximum atomic E-state index is 9.27. The van der Waals surface area contributed by atoms with Gasteiger partial charge < -0.3 is 9.84 Å². The summed E-state index contributed by atoms with van der Waals surface area (Å²) in [6.07, 6.45) is 3.75. The van der Waals surface area contributed by atoms with Crippen LogP contribution in [0.25, 0.3) is 0 Å². The van der Waals surface area contributed by atoms with Gasteiger partial charge in [0.15, 0.2) is 0 Å². The first-order chi connectivity index (χ1) is 11.7. The minimum absolute atomic E-state index is 0. The number of phenols is 1. The van der Waals surface area contributed by atoms with Crippen LogP contribution in [0, 0.1) is 12.8 Å². The van der Waals surface area contributed by atoms with E-state index >= 15 is 0 Å². The van der Waals surface area contributed by atoms with Crippen LogP contribution in [0.2, 0.25) is 0 Å². The molecular weight excluding hydrogens is 334 g/mol. The standard InChI is InChI=1S/C21H27NO2.ClH/c1-17-2-4-18(5-3-17)16-19-10-12-22(13-11-19)14-15-24-21-8-6-20(23)7-9-21;/h2-9,19,23H,10-16H2,1H3;1H. The monoisotopic (exact) mass is 361 g/mol. The summed E-state index contributed by atoms with van der Waals surface area (Å²) in [6, 6.07) is 15.9. The van der Waals surface area contributed by atoms with Gasteiger partial charge in [-0.05, 0) is 75.0 Å². The molecule has 0 saturated carbocycles. The summed E-state index contributed by atoms with van der Waals surface area (Å²) in [5.41, 5.74) is 2.80. The van der Waals surface area contributed by atoms with Crippen LogP contribution in [0.15, 0.2) is 48.5 Å². The molecule has 4 heteroatoms. The largest absolute Gasteiger partial charge is 0.508 e. The van der Waals surface area contributed by atoms with Gasteiger partial charge in [0.25, 0.3) is 0 Å². The first kappa shape index (κ1) is 19.6. The third kappa shape index (κ3) is 6.26. The van der Waals surface area contributed by atoms with Crippen molar-refractivity contribution in [2.24, 2.45) is 5.92 Å². The van der Waals surface area contributed by atoms with Crippen molar-refractivity contribution in [3.05, 3.63) is 59.7 Å². The van der Waals surface area contributed by atoms with Crippen LogP contribution in [-0.2, 0) is 6.42 Å². The number of piperidine rings is 1. The fraction of sp³-hybridized carbons (Fsp3) is 0.429. The van der Waals surface area contributed by atoms with Gasteiger partial charge in [-0.1, -0.05) is 29.8 Å². The predicted octanol–water partition coefficient (Wildman–Crippen LogP) is 4.46. The summed E-state index contributed by atoms with van der Waals surface area (Å²) >= 11 is 0. The van der Waals surface area contributed by atoms with E-state index in [1.54, 1.807) is 12.1 Å². The van der Waals surface area contributed by atoms with Crippen molar-refractivity contribution in [3.63, 3.8) is 0 Å². The highest BCUT2D eigenvalue weighted by Gasteiger charge is 2.19. The van der Waals surface area contributed by atoms with E-state index in [1.807, 2.05) is 12.1 Å². The number of aromatic hydroxyl groups is 1. The number of rotatable bonds is 6. The molecule has 1 N–H and O–H groups in total. The molecule has 0 bridgehead atoms. The van der Waals surface area contributed by atoms with Crippen molar-refractivity contribution in [2.75, 3.05) is 26.2 Å². The normalized spacial score (nSPS) is 15.6. The second-order valence-electron chi connectivity index (χ2n) is 6.82. The number of likely N-dealkylation sites (tertiary alicyclic amines) is 1. The molecule has 2 aromatic carbocycles. The summed E-state index contributed by atoms with van der Waals surface area (Å²) in [4.78, 5) is 2.49. The number of benzene rings is 2. The van der Waals surface area contributed by atoms with E-state index in [1.165, 1.54) is 30.4 Å². The average Bonchev–Trinajstić information content (AvgIpc) is 2.60. The van der Waals surface area contributed by atoms with Gasteiger partial charge in [0.2, 0.25) is 0 Å². The zero-order valence-electron chi connectivity index (χ0n) is 14.9. The lowest BCUT2D eigenvalue weighted by Gasteiger charge is -2.31. The zero-order chi connectivity index (χ0) is 16.8. The Hall–Kier alpha value is -1.71. The fourth-order valence-electron chi connectivity index (χ4n) is 3.31. The van der Waals surface area contributed by atoms with Crippen LogP contribution >= 0.6 is 12.4 Å². The lowest BCUT2D eigenvalue weighted by Crippen LogP contribution is -2.37. The number of nitrogens with zero attached hydrogens (tertiary/aromatic N) is 1. The number of halogens is 1. The molecule has 2 aromatic rings. The van der Waals surface area contributed by atoms with Gasteiger partial charge in [0, 0.05) is 6.54 Å². The third-order valence-electron chi connectivity index (χ3n) is 4.87. The van der Waals surface area contributed by atoms with Gasteiger partial charge in [-0.2, -0.15) is 0 Å². The van der Waals surface area contributed by atoms with Gasteiger partial charge in [-0.15, -0.1) is 12.4 Å². The Bertz CT molecular complexity index is 619. The molecule has 1 heterocycles. The van der Waals surface area contributed by atoms with Crippen molar-refractivity contribution >= 4 is 12.4 Å². The molecule has 1 fully saturated rings. The summed E-state index contributed by atoms with van der Waals surface area (Å²) in [6.45, 7) is 6.14. The smallest absolute Gasteiger partial charge is 0.119 e. The van der Waals surface area contributed by atoms with E-state index in [-0.39, 0.29) is 18.2 Å². The van der Waals surface area contributed by atoms with Crippen molar-refractivity contribution in [2.45, 2.75) is 26.2 Å². The Morgan fingerprint density at radius 2 is 1.64 bits per heavy atom. The van der Waals surface area contributed by atoms with E-state index in [9.17, 15) is 5.11 Å². The second kappa shape index (κ2) is 9.69. The topological polar surface area (TPSA) is 32.7 Å². The lowest BCUT2D eigenvalue weighted by molar-refractivity contribution is 0.155. The molecule has 0 aliphatic carbocycles. The quantitative estimate of drug-likeness (QED) is 0.824. The summed E-state index contributed by atoms with van der Waals surface area (Å²) in [7, 11) is 0. The number of phenolic OH excluding ortho intramolecular Hbond substituents is 1. The number of ether oxygens (including phenoxy) is 1. The molecule has 3 rings (SSSR count). The molecule has 0 unspecified atom stereocenters. The zero-order valence-corrected chi connectivity index (χ0v) is 15.7. The summed E-state index contributed by atoms with van der Waals surface area (Å²) in [5, 5.41) is 9.27. The van der Waals surface area contributed by atoms with Gasteiger partial charge in [0.1, 0.15) is 18.1 Å². The first-order valence-electron chi connectivity index (χ1n) is 8.89. The van der Waals surface area contributed by atoms with Crippen molar-refractivity contribution in [1.29, 1.82) is 0 Å².